The molecule has 2 aromatic rings. The summed E-state index contributed by atoms with van der Waals surface area (Å²) >= 11 is 0. The van der Waals surface area contributed by atoms with Crippen molar-refractivity contribution in [2.24, 2.45) is 0 Å². The Hall–Kier alpha value is -3.06. The number of nitrogens with one attached hydrogen (secondary N) is 1. The second-order valence-corrected chi connectivity index (χ2v) is 17.7. The lowest BCUT2D eigenvalue weighted by molar-refractivity contribution is -0.117. The number of amides is 1. The second kappa shape index (κ2) is 21.6. The van der Waals surface area contributed by atoms with Crippen molar-refractivity contribution >= 4 is 16.0 Å². The first-order chi connectivity index (χ1) is 23.6. The maximum atomic E-state index is 12.3. The van der Waals surface area contributed by atoms with E-state index in [0.29, 0.717) is 11.3 Å². The summed E-state index contributed by atoms with van der Waals surface area (Å²) < 4.78 is 61.0. The first kappa shape index (κ1) is 48.9. The number of alkyl halides is 2. The summed E-state index contributed by atoms with van der Waals surface area (Å²) in [5, 5.41) is 11.8. The molecule has 1 heterocycles. The predicted molar refractivity (Wildman–Crippen MR) is 208 cm³/mol. The van der Waals surface area contributed by atoms with E-state index in [1.165, 1.54) is 19.2 Å². The molecule has 9 nitrogen and oxygen atoms in total. The maximum Gasteiger partial charge on any atom is 0.267 e. The van der Waals surface area contributed by atoms with Crippen LogP contribution in [0.5, 0.6) is 11.5 Å². The molecule has 12 heteroatoms. The number of rotatable bonds is 12. The third-order valence-electron chi connectivity index (χ3n) is 7.11. The molecule has 0 spiro atoms. The van der Waals surface area contributed by atoms with Crippen LogP contribution in [0.4, 0.5) is 8.78 Å². The summed E-state index contributed by atoms with van der Waals surface area (Å²) in [7, 11) is -3.28. The van der Waals surface area contributed by atoms with Crippen molar-refractivity contribution in [3.8, 4) is 11.5 Å². The number of carbonyl (C=O) groups excluding carboxylic acids is 1. The van der Waals surface area contributed by atoms with E-state index in [0.717, 1.165) is 42.6 Å². The quantitative estimate of drug-likeness (QED) is 0.0966. The Balaban J connectivity index is 0.000000840. The third kappa shape index (κ3) is 23.5. The Morgan fingerprint density at radius 2 is 1.33 bits per heavy atom. The fraction of sp³-hybridized carbons (Fsp3) is 0.625. The van der Waals surface area contributed by atoms with E-state index in [2.05, 4.69) is 74.7 Å². The smallest absolute Gasteiger partial charge is 0.267 e. The molecule has 298 valence electrons. The van der Waals surface area contributed by atoms with E-state index in [1.54, 1.807) is 32.9 Å². The number of halogens is 2. The lowest BCUT2D eigenvalue weighted by Gasteiger charge is -2.26. The first-order valence-electron chi connectivity index (χ1n) is 17.6. The second-order valence-electron chi connectivity index (χ2n) is 16.1. The highest BCUT2D eigenvalue weighted by molar-refractivity contribution is 7.86. The van der Waals surface area contributed by atoms with Crippen molar-refractivity contribution in [1.82, 2.24) is 10.2 Å². The van der Waals surface area contributed by atoms with Crippen LogP contribution in [0, 0.1) is 0 Å². The molecule has 0 aliphatic carbocycles. The van der Waals surface area contributed by atoms with Crippen molar-refractivity contribution < 1.29 is 40.8 Å². The van der Waals surface area contributed by atoms with Crippen LogP contribution in [0.3, 0.4) is 0 Å². The average Bonchev–Trinajstić information content (AvgIpc) is 3.85. The Morgan fingerprint density at radius 1 is 0.885 bits per heavy atom. The zero-order valence-electron chi connectivity index (χ0n) is 33.8. The lowest BCUT2D eigenvalue weighted by atomic mass is 9.78. The number of benzene rings is 2. The molecule has 1 saturated heterocycles. The zero-order chi connectivity index (χ0) is 40.6. The largest absolute Gasteiger partial charge is 0.494 e. The lowest BCUT2D eigenvalue weighted by Crippen LogP contribution is -2.39. The predicted octanol–water partition coefficient (Wildman–Crippen LogP) is 8.14. The molecule has 1 atom stereocenters. The fourth-order valence-electron chi connectivity index (χ4n) is 4.29. The van der Waals surface area contributed by atoms with Gasteiger partial charge in [0.15, 0.2) is 0 Å². The summed E-state index contributed by atoms with van der Waals surface area (Å²) in [5.74, 6) is 1.20. The number of hydrogen-bond donors (Lipinski definition) is 2. The summed E-state index contributed by atoms with van der Waals surface area (Å²) in [4.78, 5) is 13.0. The minimum Gasteiger partial charge on any atom is -0.494 e. The molecule has 1 fully saturated rings. The molecule has 52 heavy (non-hydrogen) atoms. The molecule has 0 radical (unpaired) electrons. The molecule has 1 amide bonds. The highest BCUT2D eigenvalue weighted by Crippen LogP contribution is 2.33. The van der Waals surface area contributed by atoms with Crippen LogP contribution < -0.4 is 14.8 Å². The molecule has 0 bridgehead atoms. The molecule has 2 N–H and O–H groups in total. The van der Waals surface area contributed by atoms with Crippen molar-refractivity contribution in [3.63, 3.8) is 0 Å². The van der Waals surface area contributed by atoms with Gasteiger partial charge in [0.25, 0.3) is 16.5 Å². The highest BCUT2D eigenvalue weighted by Gasteiger charge is 2.29. The molecule has 0 aromatic heterocycles. The van der Waals surface area contributed by atoms with Crippen LogP contribution in [0.2, 0.25) is 0 Å². The normalized spacial score (nSPS) is 13.9. The van der Waals surface area contributed by atoms with E-state index in [4.69, 9.17) is 14.6 Å². The van der Waals surface area contributed by atoms with Gasteiger partial charge in [-0.3, -0.25) is 13.9 Å². The average molecular weight is 757 g/mol. The van der Waals surface area contributed by atoms with E-state index in [9.17, 15) is 22.0 Å². The van der Waals surface area contributed by atoms with Gasteiger partial charge in [-0.15, -0.1) is 0 Å². The number of nitrogens with zero attached hydrogens (tertiary/aromatic N) is 1. The molecular formula is C40H66F2N2O7S. The van der Waals surface area contributed by atoms with Crippen LogP contribution in [-0.2, 0) is 24.5 Å². The molecule has 1 unspecified atom stereocenters. The van der Waals surface area contributed by atoms with Crippen molar-refractivity contribution in [2.75, 3.05) is 32.6 Å². The van der Waals surface area contributed by atoms with Crippen LogP contribution >= 0.6 is 0 Å². The summed E-state index contributed by atoms with van der Waals surface area (Å²) in [6.07, 6.45) is -0.137. The van der Waals surface area contributed by atoms with Gasteiger partial charge in [-0.05, 0) is 110 Å². The Bertz CT molecular complexity index is 1420. The molecule has 0 saturated carbocycles. The summed E-state index contributed by atoms with van der Waals surface area (Å²) in [5.41, 5.74) is 1.68. The Morgan fingerprint density at radius 3 is 1.58 bits per heavy atom. The highest BCUT2D eigenvalue weighted by atomic mass is 32.2. The van der Waals surface area contributed by atoms with E-state index in [-0.39, 0.29) is 16.9 Å². The standard InChI is InChI=1S/C22H28F2O3.C7H13NO.C6H13N.C5H12O3S/c1-4-5-14-26-18-10-6-16(7-11-18)22(2,3)17-8-12-19(13-9-17)27-15-20(25)21(23)24;1-5-6(9)8-7(2,3)4;1-6(2,3)7-4-5-7;1-5(2,3)8-9(4,6)7/h6-13,20-21,25H,4-5,14-15H2,1-3H3;5H,1H2,2-4H3,(H,8,9);4-5H2,1-3H3;1-4H3. The van der Waals surface area contributed by atoms with Crippen LogP contribution in [-0.4, -0.2) is 86.1 Å². The maximum absolute atomic E-state index is 12.3. The van der Waals surface area contributed by atoms with Gasteiger partial charge in [0.05, 0.1) is 18.5 Å². The topological polar surface area (TPSA) is 114 Å². The third-order valence-corrected chi connectivity index (χ3v) is 7.91. The number of ether oxygens (including phenoxy) is 2. The first-order valence-corrected chi connectivity index (χ1v) is 19.5. The summed E-state index contributed by atoms with van der Waals surface area (Å²) in [6.45, 7) is 30.2. The van der Waals surface area contributed by atoms with Crippen LogP contribution in [0.15, 0.2) is 61.2 Å². The van der Waals surface area contributed by atoms with Crippen molar-refractivity contribution in [3.05, 3.63) is 72.3 Å². The van der Waals surface area contributed by atoms with Gasteiger partial charge < -0.3 is 19.9 Å². The van der Waals surface area contributed by atoms with Gasteiger partial charge in [0.2, 0.25) is 5.91 Å². The molecule has 2 aromatic carbocycles. The van der Waals surface area contributed by atoms with Gasteiger partial charge in [-0.2, -0.15) is 8.42 Å². The molecular weight excluding hydrogens is 691 g/mol. The number of aliphatic hydroxyl groups is 1. The number of unbranched alkanes of at least 4 members (excludes halogenated alkanes) is 1. The van der Waals surface area contributed by atoms with Gasteiger partial charge >= 0.3 is 0 Å². The van der Waals surface area contributed by atoms with Gasteiger partial charge in [-0.1, -0.05) is 58.0 Å². The van der Waals surface area contributed by atoms with Crippen molar-refractivity contribution in [2.45, 2.75) is 131 Å². The van der Waals surface area contributed by atoms with E-state index in [1.807, 2.05) is 45.0 Å². The fourth-order valence-corrected chi connectivity index (χ4v) is 5.19. The number of carbonyl (C=O) groups is 1. The summed E-state index contributed by atoms with van der Waals surface area (Å²) in [6, 6.07) is 15.4. The molecule has 3 rings (SSSR count). The van der Waals surface area contributed by atoms with Gasteiger partial charge in [0.1, 0.15) is 24.2 Å². The van der Waals surface area contributed by atoms with Crippen LogP contribution in [0.25, 0.3) is 0 Å². The van der Waals surface area contributed by atoms with Crippen LogP contribution in [0.1, 0.15) is 107 Å². The monoisotopic (exact) mass is 756 g/mol. The Kier molecular flexibility index (Phi) is 20.3. The van der Waals surface area contributed by atoms with Gasteiger partial charge in [-0.25, -0.2) is 8.78 Å². The minimum atomic E-state index is -3.28. The molecule has 1 aliphatic rings. The molecule has 1 aliphatic heterocycles. The SMILES string of the molecule is C=CC(=O)NC(C)(C)C.CC(C)(C)N1CC1.CC(C)(C)OS(C)(=O)=O.CCCCOc1ccc(C(C)(C)c2ccc(OCC(O)C(F)F)cc2)cc1. The number of hydrogen-bond acceptors (Lipinski definition) is 8. The zero-order valence-corrected chi connectivity index (χ0v) is 34.6. The van der Waals surface area contributed by atoms with E-state index < -0.39 is 34.9 Å². The van der Waals surface area contributed by atoms with E-state index >= 15 is 0 Å². The Labute approximate surface area is 313 Å². The van der Waals surface area contributed by atoms with Crippen molar-refractivity contribution in [1.29, 1.82) is 0 Å². The number of aliphatic hydroxyl groups excluding tert-OH is 1. The minimum absolute atomic E-state index is 0.123. The van der Waals surface area contributed by atoms with Gasteiger partial charge in [0, 0.05) is 29.6 Å².